The largest absolute Gasteiger partial charge is 0.507 e. The van der Waals surface area contributed by atoms with Crippen LogP contribution in [-0.2, 0) is 6.54 Å². The van der Waals surface area contributed by atoms with E-state index >= 15 is 0 Å². The zero-order valence-corrected chi connectivity index (χ0v) is 16.2. The van der Waals surface area contributed by atoms with Crippen LogP contribution in [0.4, 0.5) is 0 Å². The Hall–Kier alpha value is -3.08. The van der Waals surface area contributed by atoms with Crippen molar-refractivity contribution in [3.05, 3.63) is 65.0 Å². The molecule has 0 bridgehead atoms. The molecule has 1 heterocycles. The van der Waals surface area contributed by atoms with Crippen molar-refractivity contribution in [1.82, 2.24) is 9.99 Å². The lowest BCUT2D eigenvalue weighted by molar-refractivity contribution is 0.0952. The highest BCUT2D eigenvalue weighted by Gasteiger charge is 2.12. The van der Waals surface area contributed by atoms with Gasteiger partial charge in [0, 0.05) is 23.5 Å². The van der Waals surface area contributed by atoms with E-state index in [2.05, 4.69) is 41.9 Å². The van der Waals surface area contributed by atoms with Crippen molar-refractivity contribution in [1.29, 1.82) is 0 Å². The number of hydrogen-bond acceptors (Lipinski definition) is 3. The Morgan fingerprint density at radius 3 is 2.52 bits per heavy atom. The minimum atomic E-state index is -0.439. The molecule has 0 atom stereocenters. The predicted molar refractivity (Wildman–Crippen MR) is 109 cm³/mol. The van der Waals surface area contributed by atoms with Crippen molar-refractivity contribution in [2.75, 3.05) is 0 Å². The summed E-state index contributed by atoms with van der Waals surface area (Å²) in [6.45, 7) is 9.43. The van der Waals surface area contributed by atoms with Gasteiger partial charge in [-0.05, 0) is 48.7 Å². The average molecular weight is 363 g/mol. The van der Waals surface area contributed by atoms with Gasteiger partial charge in [-0.1, -0.05) is 38.1 Å². The van der Waals surface area contributed by atoms with Gasteiger partial charge in [0.15, 0.2) is 0 Å². The fourth-order valence-electron chi connectivity index (χ4n) is 3.24. The highest BCUT2D eigenvalue weighted by atomic mass is 16.3. The number of nitrogens with one attached hydrogen (secondary N) is 1. The molecular weight excluding hydrogens is 338 g/mol. The molecule has 0 fully saturated rings. The number of nitrogens with zero attached hydrogens (tertiary/aromatic N) is 2. The first kappa shape index (κ1) is 18.7. The summed E-state index contributed by atoms with van der Waals surface area (Å²) in [5.41, 5.74) is 5.97. The predicted octanol–water partition coefficient (Wildman–Crippen LogP) is 4.38. The lowest BCUT2D eigenvalue weighted by atomic mass is 10.1. The van der Waals surface area contributed by atoms with E-state index < -0.39 is 5.91 Å². The third kappa shape index (κ3) is 4.03. The van der Waals surface area contributed by atoms with Crippen LogP contribution in [0.3, 0.4) is 0 Å². The first-order valence-corrected chi connectivity index (χ1v) is 9.08. The molecule has 140 valence electrons. The van der Waals surface area contributed by atoms with Gasteiger partial charge in [0.05, 0.1) is 11.8 Å². The molecule has 2 N–H and O–H groups in total. The van der Waals surface area contributed by atoms with Crippen molar-refractivity contribution < 1.29 is 9.90 Å². The number of carbonyl (C=O) groups excluding carboxylic acids is 1. The van der Waals surface area contributed by atoms with Crippen LogP contribution in [0.1, 0.15) is 41.2 Å². The van der Waals surface area contributed by atoms with Crippen molar-refractivity contribution in [3.8, 4) is 5.75 Å². The van der Waals surface area contributed by atoms with Crippen LogP contribution in [0.15, 0.2) is 47.6 Å². The summed E-state index contributed by atoms with van der Waals surface area (Å²) >= 11 is 0. The molecule has 0 aliphatic rings. The van der Waals surface area contributed by atoms with Gasteiger partial charge in [-0.2, -0.15) is 5.10 Å². The summed E-state index contributed by atoms with van der Waals surface area (Å²) in [6, 6.07) is 12.9. The number of carbonyl (C=O) groups is 1. The van der Waals surface area contributed by atoms with Gasteiger partial charge in [0.2, 0.25) is 0 Å². The Bertz CT molecular complexity index is 1020. The molecule has 5 heteroatoms. The minimum Gasteiger partial charge on any atom is -0.507 e. The van der Waals surface area contributed by atoms with Crippen LogP contribution in [-0.4, -0.2) is 21.8 Å². The number of phenolic OH excluding ortho intramolecular Hbond substituents is 1. The quantitative estimate of drug-likeness (QED) is 0.522. The molecule has 0 radical (unpaired) electrons. The first-order valence-electron chi connectivity index (χ1n) is 9.08. The van der Waals surface area contributed by atoms with Gasteiger partial charge in [-0.25, -0.2) is 5.43 Å². The number of hydrazone groups is 1. The van der Waals surface area contributed by atoms with E-state index in [9.17, 15) is 9.90 Å². The zero-order chi connectivity index (χ0) is 19.6. The SMILES string of the molecule is Cc1cc(/C=N\NC(=O)c2cc3ccccc3cc2O)c(C)n1CC(C)C. The Morgan fingerprint density at radius 1 is 1.19 bits per heavy atom. The third-order valence-corrected chi connectivity index (χ3v) is 4.64. The molecule has 5 nitrogen and oxygen atoms in total. The maximum Gasteiger partial charge on any atom is 0.275 e. The van der Waals surface area contributed by atoms with E-state index in [1.165, 1.54) is 5.69 Å². The maximum absolute atomic E-state index is 12.4. The van der Waals surface area contributed by atoms with E-state index in [1.54, 1.807) is 18.3 Å². The molecule has 2 aromatic carbocycles. The Labute approximate surface area is 159 Å². The number of fused-ring (bicyclic) bond motifs is 1. The standard InChI is InChI=1S/C22H25N3O2/c1-14(2)13-25-15(3)9-19(16(25)4)12-23-24-22(27)20-10-17-7-5-6-8-18(17)11-21(20)26/h5-12,14,26H,13H2,1-4H3,(H,24,27)/b23-12-. The number of phenols is 1. The number of amides is 1. The van der Waals surface area contributed by atoms with E-state index in [0.717, 1.165) is 28.6 Å². The molecule has 0 aliphatic carbocycles. The lowest BCUT2D eigenvalue weighted by Crippen LogP contribution is -2.17. The van der Waals surface area contributed by atoms with Gasteiger partial charge in [-0.15, -0.1) is 0 Å². The molecular formula is C22H25N3O2. The molecule has 0 spiro atoms. The summed E-state index contributed by atoms with van der Waals surface area (Å²) in [6.07, 6.45) is 1.65. The second-order valence-corrected chi connectivity index (χ2v) is 7.25. The molecule has 1 amide bonds. The molecule has 3 rings (SSSR count). The third-order valence-electron chi connectivity index (χ3n) is 4.64. The van der Waals surface area contributed by atoms with E-state index in [1.807, 2.05) is 31.2 Å². The average Bonchev–Trinajstić information content (AvgIpc) is 2.88. The fraction of sp³-hybridized carbons (Fsp3) is 0.273. The number of aryl methyl sites for hydroxylation is 1. The summed E-state index contributed by atoms with van der Waals surface area (Å²) in [5, 5.41) is 16.0. The molecule has 27 heavy (non-hydrogen) atoms. The normalized spacial score (nSPS) is 11.6. The second-order valence-electron chi connectivity index (χ2n) is 7.25. The molecule has 3 aromatic rings. The maximum atomic E-state index is 12.4. The van der Waals surface area contributed by atoms with Gasteiger partial charge in [0.25, 0.3) is 5.91 Å². The molecule has 0 saturated heterocycles. The highest BCUT2D eigenvalue weighted by molar-refractivity contribution is 6.01. The molecule has 0 aliphatic heterocycles. The van der Waals surface area contributed by atoms with E-state index in [0.29, 0.717) is 5.92 Å². The topological polar surface area (TPSA) is 66.6 Å². The number of aromatic hydroxyl groups is 1. The van der Waals surface area contributed by atoms with E-state index in [-0.39, 0.29) is 11.3 Å². The Morgan fingerprint density at radius 2 is 1.85 bits per heavy atom. The molecule has 0 unspecified atom stereocenters. The second kappa shape index (κ2) is 7.66. The molecule has 1 aromatic heterocycles. The van der Waals surface area contributed by atoms with Crippen LogP contribution in [0, 0.1) is 19.8 Å². The minimum absolute atomic E-state index is 0.0588. The van der Waals surface area contributed by atoms with Gasteiger partial charge >= 0.3 is 0 Å². The fourth-order valence-corrected chi connectivity index (χ4v) is 3.24. The summed E-state index contributed by atoms with van der Waals surface area (Å²) in [7, 11) is 0. The number of aromatic nitrogens is 1. The number of hydrogen-bond donors (Lipinski definition) is 2. The van der Waals surface area contributed by atoms with Gasteiger partial charge in [0.1, 0.15) is 5.75 Å². The van der Waals surface area contributed by atoms with Crippen LogP contribution in [0.25, 0.3) is 10.8 Å². The molecule has 0 saturated carbocycles. The van der Waals surface area contributed by atoms with Crippen molar-refractivity contribution >= 4 is 22.9 Å². The van der Waals surface area contributed by atoms with Crippen LogP contribution in [0.2, 0.25) is 0 Å². The smallest absolute Gasteiger partial charge is 0.275 e. The van der Waals surface area contributed by atoms with Crippen molar-refractivity contribution in [2.24, 2.45) is 11.0 Å². The summed E-state index contributed by atoms with van der Waals surface area (Å²) < 4.78 is 2.25. The zero-order valence-electron chi connectivity index (χ0n) is 16.2. The summed E-state index contributed by atoms with van der Waals surface area (Å²) in [5.74, 6) is 0.0529. The van der Waals surface area contributed by atoms with Crippen LogP contribution >= 0.6 is 0 Å². The lowest BCUT2D eigenvalue weighted by Gasteiger charge is -2.11. The van der Waals surface area contributed by atoms with Gasteiger partial charge in [-0.3, -0.25) is 4.79 Å². The van der Waals surface area contributed by atoms with Gasteiger partial charge < -0.3 is 9.67 Å². The Kier molecular flexibility index (Phi) is 5.31. The highest BCUT2D eigenvalue weighted by Crippen LogP contribution is 2.24. The van der Waals surface area contributed by atoms with Crippen LogP contribution in [0.5, 0.6) is 5.75 Å². The first-order chi connectivity index (χ1) is 12.9. The summed E-state index contributed by atoms with van der Waals surface area (Å²) in [4.78, 5) is 12.4. The Balaban J connectivity index is 1.77. The van der Waals surface area contributed by atoms with E-state index in [4.69, 9.17) is 0 Å². The number of rotatable bonds is 5. The van der Waals surface area contributed by atoms with Crippen molar-refractivity contribution in [3.63, 3.8) is 0 Å². The van der Waals surface area contributed by atoms with Crippen molar-refractivity contribution in [2.45, 2.75) is 34.2 Å². The van der Waals surface area contributed by atoms with Crippen LogP contribution < -0.4 is 5.43 Å². The monoisotopic (exact) mass is 363 g/mol. The number of benzene rings is 2.